The highest BCUT2D eigenvalue weighted by Crippen LogP contribution is 2.26. The van der Waals surface area contributed by atoms with E-state index in [1.807, 2.05) is 50.2 Å². The van der Waals surface area contributed by atoms with E-state index < -0.39 is 0 Å². The molecular formula is C18H20BrN3OS. The molecule has 0 heterocycles. The van der Waals surface area contributed by atoms with Gasteiger partial charge in [0.15, 0.2) is 5.17 Å². The van der Waals surface area contributed by atoms with Crippen molar-refractivity contribution in [3.63, 3.8) is 0 Å². The zero-order chi connectivity index (χ0) is 17.4. The second-order valence-electron chi connectivity index (χ2n) is 5.31. The summed E-state index contributed by atoms with van der Waals surface area (Å²) in [6.45, 7) is 3.98. The summed E-state index contributed by atoms with van der Waals surface area (Å²) in [5, 5.41) is 8.51. The van der Waals surface area contributed by atoms with E-state index in [1.165, 1.54) is 17.3 Å². The van der Waals surface area contributed by atoms with Crippen LogP contribution < -0.4 is 10.5 Å². The van der Waals surface area contributed by atoms with Gasteiger partial charge in [-0.2, -0.15) is 5.10 Å². The number of nitrogens with zero attached hydrogens (tertiary/aromatic N) is 2. The Kier molecular flexibility index (Phi) is 7.34. The first-order valence-corrected chi connectivity index (χ1v) is 9.32. The molecule has 0 aromatic heterocycles. The molecule has 2 N–H and O–H groups in total. The number of nitrogens with two attached hydrogens (primary N) is 1. The van der Waals surface area contributed by atoms with Crippen LogP contribution in [0.4, 0.5) is 0 Å². The van der Waals surface area contributed by atoms with Gasteiger partial charge in [-0.3, -0.25) is 0 Å². The Labute approximate surface area is 155 Å². The summed E-state index contributed by atoms with van der Waals surface area (Å²) < 4.78 is 6.64. The Bertz CT molecular complexity index is 717. The predicted molar refractivity (Wildman–Crippen MR) is 107 cm³/mol. The minimum absolute atomic E-state index is 0.108. The van der Waals surface area contributed by atoms with Crippen LogP contribution in [0.25, 0.3) is 0 Å². The first kappa shape index (κ1) is 18.5. The lowest BCUT2D eigenvalue weighted by molar-refractivity contribution is 0.241. The van der Waals surface area contributed by atoms with Gasteiger partial charge in [-0.15, -0.1) is 5.10 Å². The van der Waals surface area contributed by atoms with E-state index in [1.54, 1.807) is 6.21 Å². The molecule has 0 amide bonds. The SMILES string of the molecule is CC(C)Oc1cc(C=NN=C(N)SCc2ccccc2)ccc1Br. The highest BCUT2D eigenvalue weighted by Gasteiger charge is 2.04. The van der Waals surface area contributed by atoms with Crippen LogP contribution in [0.3, 0.4) is 0 Å². The fraction of sp³-hybridized carbons (Fsp3) is 0.222. The van der Waals surface area contributed by atoms with Crippen LogP contribution in [-0.2, 0) is 5.75 Å². The normalized spacial score (nSPS) is 12.1. The molecule has 0 bridgehead atoms. The third kappa shape index (κ3) is 6.37. The summed E-state index contributed by atoms with van der Waals surface area (Å²) in [5.41, 5.74) is 7.98. The second-order valence-corrected chi connectivity index (χ2v) is 7.16. The van der Waals surface area contributed by atoms with Crippen molar-refractivity contribution in [3.8, 4) is 5.75 Å². The smallest absolute Gasteiger partial charge is 0.180 e. The van der Waals surface area contributed by atoms with Gasteiger partial charge in [0.1, 0.15) is 5.75 Å². The molecule has 0 aliphatic heterocycles. The van der Waals surface area contributed by atoms with E-state index in [4.69, 9.17) is 10.5 Å². The highest BCUT2D eigenvalue weighted by atomic mass is 79.9. The van der Waals surface area contributed by atoms with Crippen LogP contribution in [0.1, 0.15) is 25.0 Å². The molecule has 0 aliphatic rings. The van der Waals surface area contributed by atoms with Crippen LogP contribution in [0.15, 0.2) is 63.2 Å². The van der Waals surface area contributed by atoms with Gasteiger partial charge in [0.25, 0.3) is 0 Å². The van der Waals surface area contributed by atoms with E-state index in [9.17, 15) is 0 Å². The average Bonchev–Trinajstić information content (AvgIpc) is 2.56. The number of amidine groups is 1. The summed E-state index contributed by atoms with van der Waals surface area (Å²) >= 11 is 4.93. The number of ether oxygens (including phenoxy) is 1. The van der Waals surface area contributed by atoms with Crippen LogP contribution in [-0.4, -0.2) is 17.5 Å². The topological polar surface area (TPSA) is 60.0 Å². The third-order valence-electron chi connectivity index (χ3n) is 2.91. The molecule has 4 nitrogen and oxygen atoms in total. The van der Waals surface area contributed by atoms with Gasteiger partial charge in [-0.1, -0.05) is 48.2 Å². The summed E-state index contributed by atoms with van der Waals surface area (Å²) in [7, 11) is 0. The summed E-state index contributed by atoms with van der Waals surface area (Å²) in [6, 6.07) is 15.9. The van der Waals surface area contributed by atoms with Gasteiger partial charge < -0.3 is 10.5 Å². The van der Waals surface area contributed by atoms with Crippen LogP contribution >= 0.6 is 27.7 Å². The number of hydrogen-bond donors (Lipinski definition) is 1. The largest absolute Gasteiger partial charge is 0.490 e. The summed E-state index contributed by atoms with van der Waals surface area (Å²) in [4.78, 5) is 0. The molecule has 6 heteroatoms. The van der Waals surface area contributed by atoms with Crippen molar-refractivity contribution in [1.29, 1.82) is 0 Å². The lowest BCUT2D eigenvalue weighted by Gasteiger charge is -2.11. The maximum absolute atomic E-state index is 5.87. The Morgan fingerprint density at radius 3 is 2.71 bits per heavy atom. The molecule has 0 saturated heterocycles. The van der Waals surface area contributed by atoms with Crippen LogP contribution in [0.5, 0.6) is 5.75 Å². The van der Waals surface area contributed by atoms with Crippen molar-refractivity contribution < 1.29 is 4.74 Å². The number of rotatable bonds is 6. The van der Waals surface area contributed by atoms with Gasteiger partial charge in [0, 0.05) is 5.75 Å². The molecule has 0 radical (unpaired) electrons. The second kappa shape index (κ2) is 9.49. The summed E-state index contributed by atoms with van der Waals surface area (Å²) in [6.07, 6.45) is 1.77. The molecule has 24 heavy (non-hydrogen) atoms. The minimum Gasteiger partial charge on any atom is -0.490 e. The molecule has 0 saturated carbocycles. The predicted octanol–water partition coefficient (Wildman–Crippen LogP) is 4.82. The van der Waals surface area contributed by atoms with E-state index >= 15 is 0 Å². The van der Waals surface area contributed by atoms with Gasteiger partial charge in [-0.05, 0) is 53.0 Å². The zero-order valence-corrected chi connectivity index (χ0v) is 16.0. The van der Waals surface area contributed by atoms with Gasteiger partial charge in [0.2, 0.25) is 0 Å². The summed E-state index contributed by atoms with van der Waals surface area (Å²) in [5.74, 6) is 1.56. The van der Waals surface area contributed by atoms with E-state index in [2.05, 4.69) is 38.3 Å². The number of benzene rings is 2. The minimum atomic E-state index is 0.108. The molecule has 126 valence electrons. The Hall–Kier alpha value is -1.79. The van der Waals surface area contributed by atoms with Crippen LogP contribution in [0, 0.1) is 0 Å². The molecular weight excluding hydrogens is 386 g/mol. The van der Waals surface area contributed by atoms with Gasteiger partial charge >= 0.3 is 0 Å². The molecule has 2 aromatic carbocycles. The highest BCUT2D eigenvalue weighted by molar-refractivity contribution is 9.10. The first-order chi connectivity index (χ1) is 11.5. The van der Waals surface area contributed by atoms with Crippen LogP contribution in [0.2, 0.25) is 0 Å². The Balaban J connectivity index is 1.94. The Morgan fingerprint density at radius 2 is 2.00 bits per heavy atom. The fourth-order valence-corrected chi connectivity index (χ4v) is 2.81. The van der Waals surface area contributed by atoms with Gasteiger partial charge in [0.05, 0.1) is 16.8 Å². The molecule has 0 aliphatic carbocycles. The van der Waals surface area contributed by atoms with Crippen molar-refractivity contribution in [2.45, 2.75) is 25.7 Å². The first-order valence-electron chi connectivity index (χ1n) is 7.54. The molecule has 0 unspecified atom stereocenters. The lowest BCUT2D eigenvalue weighted by Crippen LogP contribution is -2.06. The van der Waals surface area contributed by atoms with E-state index in [-0.39, 0.29) is 6.10 Å². The van der Waals surface area contributed by atoms with Crippen molar-refractivity contribution in [3.05, 3.63) is 64.1 Å². The lowest BCUT2D eigenvalue weighted by atomic mass is 10.2. The average molecular weight is 406 g/mol. The third-order valence-corrected chi connectivity index (χ3v) is 4.42. The molecule has 0 spiro atoms. The van der Waals surface area contributed by atoms with Crippen molar-refractivity contribution >= 4 is 39.1 Å². The molecule has 0 fully saturated rings. The van der Waals surface area contributed by atoms with Crippen molar-refractivity contribution in [2.24, 2.45) is 15.9 Å². The Morgan fingerprint density at radius 1 is 1.25 bits per heavy atom. The monoisotopic (exact) mass is 405 g/mol. The zero-order valence-electron chi connectivity index (χ0n) is 13.6. The van der Waals surface area contributed by atoms with E-state index in [0.717, 1.165) is 21.5 Å². The van der Waals surface area contributed by atoms with Crippen molar-refractivity contribution in [2.75, 3.05) is 0 Å². The van der Waals surface area contributed by atoms with E-state index in [0.29, 0.717) is 5.17 Å². The standard InChI is InChI=1S/C18H20BrN3OS/c1-13(2)23-17-10-15(8-9-16(17)19)11-21-22-18(20)24-12-14-6-4-3-5-7-14/h3-11,13H,12H2,1-2H3,(H2,20,22). The molecule has 0 atom stereocenters. The fourth-order valence-electron chi connectivity index (χ4n) is 1.86. The molecule has 2 aromatic rings. The van der Waals surface area contributed by atoms with Gasteiger partial charge in [-0.25, -0.2) is 0 Å². The molecule has 2 rings (SSSR count). The number of thioether (sulfide) groups is 1. The van der Waals surface area contributed by atoms with Crippen molar-refractivity contribution in [1.82, 2.24) is 0 Å². The maximum Gasteiger partial charge on any atom is 0.180 e. The number of hydrogen-bond acceptors (Lipinski definition) is 4. The maximum atomic E-state index is 5.87. The number of halogens is 1. The quantitative estimate of drug-likeness (QED) is 0.425.